The number of aryl methyl sites for hydroxylation is 2. The Morgan fingerprint density at radius 2 is 2.12 bits per heavy atom. The number of rotatable bonds is 1. The molecule has 3 rings (SSSR count). The van der Waals surface area contributed by atoms with Crippen LogP contribution in [0.2, 0.25) is 0 Å². The molecule has 88 valence electrons. The third-order valence-corrected chi connectivity index (χ3v) is 3.09. The summed E-state index contributed by atoms with van der Waals surface area (Å²) in [6.45, 7) is 6.71. The Bertz CT molecular complexity index is 558. The zero-order valence-corrected chi connectivity index (χ0v) is 10.1. The molecule has 17 heavy (non-hydrogen) atoms. The first kappa shape index (κ1) is 10.4. The maximum atomic E-state index is 4.48. The van der Waals surface area contributed by atoms with Crippen LogP contribution in [0.25, 0.3) is 11.4 Å². The molecule has 0 aliphatic carbocycles. The second kappa shape index (κ2) is 3.92. The standard InChI is InChI=1S/C12H15N5/c1-8-3-4-10(9(2)14-8)12-16-15-11-7-13-5-6-17(11)12/h3-4,13H,5-7H2,1-2H3. The molecular formula is C12H15N5. The van der Waals surface area contributed by atoms with E-state index in [4.69, 9.17) is 0 Å². The quantitative estimate of drug-likeness (QED) is 0.794. The largest absolute Gasteiger partial charge is 0.309 e. The monoisotopic (exact) mass is 229 g/mol. The van der Waals surface area contributed by atoms with Crippen LogP contribution in [-0.4, -0.2) is 26.3 Å². The van der Waals surface area contributed by atoms with Crippen molar-refractivity contribution in [2.24, 2.45) is 0 Å². The SMILES string of the molecule is Cc1ccc(-c2nnc3n2CCNC3)c(C)n1. The van der Waals surface area contributed by atoms with E-state index in [-0.39, 0.29) is 0 Å². The van der Waals surface area contributed by atoms with Crippen LogP contribution < -0.4 is 5.32 Å². The van der Waals surface area contributed by atoms with Gasteiger partial charge in [-0.2, -0.15) is 0 Å². The topological polar surface area (TPSA) is 55.6 Å². The Morgan fingerprint density at radius 3 is 2.94 bits per heavy atom. The van der Waals surface area contributed by atoms with E-state index in [0.29, 0.717) is 0 Å². The van der Waals surface area contributed by atoms with Crippen molar-refractivity contribution in [2.45, 2.75) is 26.9 Å². The number of nitrogens with one attached hydrogen (secondary N) is 1. The molecule has 3 heterocycles. The molecule has 0 saturated heterocycles. The molecule has 1 N–H and O–H groups in total. The van der Waals surface area contributed by atoms with Crippen LogP contribution in [0.3, 0.4) is 0 Å². The van der Waals surface area contributed by atoms with Crippen molar-refractivity contribution < 1.29 is 0 Å². The molecule has 2 aromatic heterocycles. The summed E-state index contributed by atoms with van der Waals surface area (Å²) in [5.74, 6) is 1.94. The summed E-state index contributed by atoms with van der Waals surface area (Å²) in [4.78, 5) is 4.48. The Balaban J connectivity index is 2.12. The van der Waals surface area contributed by atoms with Gasteiger partial charge in [-0.1, -0.05) is 0 Å². The molecule has 0 atom stereocenters. The van der Waals surface area contributed by atoms with E-state index in [1.54, 1.807) is 0 Å². The third kappa shape index (κ3) is 1.72. The van der Waals surface area contributed by atoms with E-state index in [2.05, 4.69) is 31.1 Å². The summed E-state index contributed by atoms with van der Waals surface area (Å²) in [6, 6.07) is 4.10. The second-order valence-corrected chi connectivity index (χ2v) is 4.35. The molecule has 5 nitrogen and oxygen atoms in total. The zero-order valence-electron chi connectivity index (χ0n) is 10.1. The minimum absolute atomic E-state index is 0.797. The summed E-state index contributed by atoms with van der Waals surface area (Å²) < 4.78 is 2.18. The normalized spacial score (nSPS) is 14.7. The number of hydrogen-bond acceptors (Lipinski definition) is 4. The van der Waals surface area contributed by atoms with E-state index in [1.165, 1.54) is 0 Å². The highest BCUT2D eigenvalue weighted by atomic mass is 15.3. The molecular weight excluding hydrogens is 214 g/mol. The number of hydrogen-bond donors (Lipinski definition) is 1. The lowest BCUT2D eigenvalue weighted by Gasteiger charge is -2.16. The average molecular weight is 229 g/mol. The van der Waals surface area contributed by atoms with Crippen LogP contribution in [0.1, 0.15) is 17.2 Å². The minimum atomic E-state index is 0.797. The van der Waals surface area contributed by atoms with Crippen molar-refractivity contribution in [1.82, 2.24) is 25.1 Å². The van der Waals surface area contributed by atoms with Crippen LogP contribution >= 0.6 is 0 Å². The zero-order chi connectivity index (χ0) is 11.8. The highest BCUT2D eigenvalue weighted by Crippen LogP contribution is 2.22. The van der Waals surface area contributed by atoms with E-state index < -0.39 is 0 Å². The fraction of sp³-hybridized carbons (Fsp3) is 0.417. The van der Waals surface area contributed by atoms with Crippen LogP contribution in [0, 0.1) is 13.8 Å². The molecule has 0 amide bonds. The number of pyridine rings is 1. The summed E-state index contributed by atoms with van der Waals surface area (Å²) in [6.07, 6.45) is 0. The highest BCUT2D eigenvalue weighted by Gasteiger charge is 2.17. The van der Waals surface area contributed by atoms with Gasteiger partial charge < -0.3 is 9.88 Å². The van der Waals surface area contributed by atoms with E-state index in [1.807, 2.05) is 19.9 Å². The first-order chi connectivity index (χ1) is 8.25. The van der Waals surface area contributed by atoms with Gasteiger partial charge in [0, 0.05) is 30.0 Å². The van der Waals surface area contributed by atoms with Crippen LogP contribution in [-0.2, 0) is 13.1 Å². The number of fused-ring (bicyclic) bond motifs is 1. The Morgan fingerprint density at radius 1 is 1.24 bits per heavy atom. The highest BCUT2D eigenvalue weighted by molar-refractivity contribution is 5.58. The van der Waals surface area contributed by atoms with E-state index >= 15 is 0 Å². The molecule has 1 aliphatic rings. The van der Waals surface area contributed by atoms with Crippen molar-refractivity contribution in [2.75, 3.05) is 6.54 Å². The fourth-order valence-electron chi connectivity index (χ4n) is 2.21. The van der Waals surface area contributed by atoms with Crippen molar-refractivity contribution in [3.05, 3.63) is 29.3 Å². The average Bonchev–Trinajstić information content (AvgIpc) is 2.73. The molecule has 0 spiro atoms. The first-order valence-electron chi connectivity index (χ1n) is 5.83. The van der Waals surface area contributed by atoms with Gasteiger partial charge in [0.2, 0.25) is 0 Å². The Hall–Kier alpha value is -1.75. The van der Waals surface area contributed by atoms with Crippen LogP contribution in [0.15, 0.2) is 12.1 Å². The molecule has 0 radical (unpaired) electrons. The van der Waals surface area contributed by atoms with Crippen LogP contribution in [0.5, 0.6) is 0 Å². The minimum Gasteiger partial charge on any atom is -0.309 e. The molecule has 0 fully saturated rings. The lowest BCUT2D eigenvalue weighted by atomic mass is 10.1. The van der Waals surface area contributed by atoms with Gasteiger partial charge in [-0.3, -0.25) is 4.98 Å². The van der Waals surface area contributed by atoms with E-state index in [0.717, 1.165) is 48.2 Å². The van der Waals surface area contributed by atoms with Gasteiger partial charge >= 0.3 is 0 Å². The molecule has 0 bridgehead atoms. The van der Waals surface area contributed by atoms with Crippen LogP contribution in [0.4, 0.5) is 0 Å². The lowest BCUT2D eigenvalue weighted by Crippen LogP contribution is -2.28. The van der Waals surface area contributed by atoms with Gasteiger partial charge in [0.1, 0.15) is 5.82 Å². The summed E-state index contributed by atoms with van der Waals surface area (Å²) >= 11 is 0. The number of aromatic nitrogens is 4. The predicted octanol–water partition coefficient (Wildman–Crippen LogP) is 1.06. The molecule has 1 aliphatic heterocycles. The maximum Gasteiger partial charge on any atom is 0.165 e. The van der Waals surface area contributed by atoms with Gasteiger partial charge in [-0.15, -0.1) is 10.2 Å². The van der Waals surface area contributed by atoms with Gasteiger partial charge in [0.05, 0.1) is 6.54 Å². The summed E-state index contributed by atoms with van der Waals surface area (Å²) in [5.41, 5.74) is 3.13. The number of nitrogens with zero attached hydrogens (tertiary/aromatic N) is 4. The maximum absolute atomic E-state index is 4.48. The molecule has 0 saturated carbocycles. The molecule has 5 heteroatoms. The second-order valence-electron chi connectivity index (χ2n) is 4.35. The smallest absolute Gasteiger partial charge is 0.165 e. The third-order valence-electron chi connectivity index (χ3n) is 3.09. The Labute approximate surface area is 99.9 Å². The van der Waals surface area contributed by atoms with Crippen molar-refractivity contribution in [3.63, 3.8) is 0 Å². The Kier molecular flexibility index (Phi) is 2.40. The van der Waals surface area contributed by atoms with E-state index in [9.17, 15) is 0 Å². The predicted molar refractivity (Wildman–Crippen MR) is 64.4 cm³/mol. The molecule has 0 aromatic carbocycles. The summed E-state index contributed by atoms with van der Waals surface area (Å²) in [5, 5.41) is 11.8. The van der Waals surface area contributed by atoms with Gasteiger partial charge in [0.15, 0.2) is 5.82 Å². The van der Waals surface area contributed by atoms with Crippen molar-refractivity contribution >= 4 is 0 Å². The van der Waals surface area contributed by atoms with Crippen molar-refractivity contribution in [3.8, 4) is 11.4 Å². The molecule has 2 aromatic rings. The van der Waals surface area contributed by atoms with Crippen molar-refractivity contribution in [1.29, 1.82) is 0 Å². The van der Waals surface area contributed by atoms with Gasteiger partial charge in [-0.25, -0.2) is 0 Å². The van der Waals surface area contributed by atoms with Gasteiger partial charge in [-0.05, 0) is 26.0 Å². The lowest BCUT2D eigenvalue weighted by molar-refractivity contribution is 0.508. The fourth-order valence-corrected chi connectivity index (χ4v) is 2.21. The summed E-state index contributed by atoms with van der Waals surface area (Å²) in [7, 11) is 0. The first-order valence-corrected chi connectivity index (χ1v) is 5.83. The molecule has 0 unspecified atom stereocenters. The van der Waals surface area contributed by atoms with Gasteiger partial charge in [0.25, 0.3) is 0 Å².